The highest BCUT2D eigenvalue weighted by Gasteiger charge is 2.47. The number of nitrogens with zero attached hydrogens (tertiary/aromatic N) is 1. The summed E-state index contributed by atoms with van der Waals surface area (Å²) in [6.45, 7) is 8.76. The molecule has 4 aliphatic rings. The number of carbonyl (C=O) groups is 2. The van der Waals surface area contributed by atoms with Gasteiger partial charge in [-0.05, 0) is 82.1 Å². The van der Waals surface area contributed by atoms with Gasteiger partial charge in [0.2, 0.25) is 11.8 Å². The van der Waals surface area contributed by atoms with E-state index in [-0.39, 0.29) is 23.9 Å². The zero-order chi connectivity index (χ0) is 21.4. The molecular formula is C24H42N4O2. The molecule has 9 atom stereocenters. The second kappa shape index (κ2) is 9.15. The van der Waals surface area contributed by atoms with Crippen LogP contribution in [-0.4, -0.2) is 55.1 Å². The average Bonchev–Trinajstić information content (AvgIpc) is 2.73. The van der Waals surface area contributed by atoms with Gasteiger partial charge in [-0.15, -0.1) is 0 Å². The second-order valence-electron chi connectivity index (χ2n) is 11.0. The number of rotatable bonds is 3. The quantitative estimate of drug-likeness (QED) is 0.658. The normalized spacial score (nSPS) is 45.0. The van der Waals surface area contributed by atoms with Gasteiger partial charge in [0, 0.05) is 37.5 Å². The molecule has 0 bridgehead atoms. The van der Waals surface area contributed by atoms with Crippen LogP contribution in [0.4, 0.5) is 0 Å². The van der Waals surface area contributed by atoms with Crippen molar-refractivity contribution >= 4 is 11.8 Å². The summed E-state index contributed by atoms with van der Waals surface area (Å²) in [5, 5.41) is 10.3. The van der Waals surface area contributed by atoms with Crippen LogP contribution in [0.2, 0.25) is 0 Å². The summed E-state index contributed by atoms with van der Waals surface area (Å²) in [5.41, 5.74) is 0. The molecule has 3 heterocycles. The van der Waals surface area contributed by atoms with Crippen molar-refractivity contribution in [3.05, 3.63) is 0 Å². The van der Waals surface area contributed by atoms with Gasteiger partial charge < -0.3 is 15.5 Å². The van der Waals surface area contributed by atoms with Crippen molar-refractivity contribution in [3.8, 4) is 0 Å². The summed E-state index contributed by atoms with van der Waals surface area (Å²) in [6, 6.07) is 0.860. The Kier molecular flexibility index (Phi) is 6.73. The molecule has 30 heavy (non-hydrogen) atoms. The van der Waals surface area contributed by atoms with Crippen LogP contribution in [0.5, 0.6) is 0 Å². The van der Waals surface area contributed by atoms with Crippen LogP contribution in [-0.2, 0) is 9.59 Å². The molecule has 0 spiro atoms. The van der Waals surface area contributed by atoms with Gasteiger partial charge >= 0.3 is 0 Å². The van der Waals surface area contributed by atoms with E-state index < -0.39 is 0 Å². The standard InChI is InChI=1S/C24H42N4O2/c1-14-5-8-22(26-12-14)27-23(29)17-7-6-15(2)19(10-17)20-11-18-13-25-16(3)9-21(18)28(4)24(20)30/h14-22,25-26H,5-13H2,1-4H3,(H,27,29). The topological polar surface area (TPSA) is 73.5 Å². The first kappa shape index (κ1) is 22.1. The van der Waals surface area contributed by atoms with Gasteiger partial charge in [0.15, 0.2) is 0 Å². The van der Waals surface area contributed by atoms with E-state index in [1.807, 2.05) is 7.05 Å². The van der Waals surface area contributed by atoms with Gasteiger partial charge in [-0.2, -0.15) is 0 Å². The molecule has 1 saturated carbocycles. The Bertz CT molecular complexity index is 633. The fourth-order valence-corrected chi connectivity index (χ4v) is 6.62. The predicted molar refractivity (Wildman–Crippen MR) is 119 cm³/mol. The Morgan fingerprint density at radius 2 is 1.80 bits per heavy atom. The lowest BCUT2D eigenvalue weighted by Gasteiger charge is -2.50. The first-order valence-corrected chi connectivity index (χ1v) is 12.4. The highest BCUT2D eigenvalue weighted by Crippen LogP contribution is 2.44. The van der Waals surface area contributed by atoms with E-state index in [1.165, 1.54) is 6.42 Å². The maximum Gasteiger partial charge on any atom is 0.225 e. The van der Waals surface area contributed by atoms with E-state index >= 15 is 0 Å². The largest absolute Gasteiger partial charge is 0.342 e. The van der Waals surface area contributed by atoms with E-state index in [1.54, 1.807) is 0 Å². The van der Waals surface area contributed by atoms with Crippen LogP contribution < -0.4 is 16.0 Å². The zero-order valence-corrected chi connectivity index (χ0v) is 19.3. The smallest absolute Gasteiger partial charge is 0.225 e. The van der Waals surface area contributed by atoms with Crippen molar-refractivity contribution in [1.29, 1.82) is 0 Å². The van der Waals surface area contributed by atoms with Gasteiger partial charge in [0.1, 0.15) is 0 Å². The molecule has 170 valence electrons. The molecule has 0 aromatic rings. The minimum absolute atomic E-state index is 0.0488. The second-order valence-corrected chi connectivity index (χ2v) is 11.0. The lowest BCUT2D eigenvalue weighted by atomic mass is 9.64. The van der Waals surface area contributed by atoms with Crippen molar-refractivity contribution in [1.82, 2.24) is 20.9 Å². The number of likely N-dealkylation sites (tertiary alicyclic amines) is 1. The molecule has 4 fully saturated rings. The number of nitrogens with one attached hydrogen (secondary N) is 3. The zero-order valence-electron chi connectivity index (χ0n) is 19.3. The number of hydrogen-bond acceptors (Lipinski definition) is 4. The molecule has 1 aliphatic carbocycles. The van der Waals surface area contributed by atoms with E-state index in [0.717, 1.165) is 51.6 Å². The van der Waals surface area contributed by atoms with Gasteiger partial charge in [0.05, 0.1) is 6.17 Å². The van der Waals surface area contributed by atoms with Crippen molar-refractivity contribution < 1.29 is 9.59 Å². The number of piperidine rings is 3. The third-order valence-electron chi connectivity index (χ3n) is 8.71. The van der Waals surface area contributed by atoms with Crippen LogP contribution >= 0.6 is 0 Å². The highest BCUT2D eigenvalue weighted by atomic mass is 16.2. The molecular weight excluding hydrogens is 376 g/mol. The van der Waals surface area contributed by atoms with Gasteiger partial charge in [-0.1, -0.05) is 13.8 Å². The Hall–Kier alpha value is -1.14. The number of amides is 2. The lowest BCUT2D eigenvalue weighted by molar-refractivity contribution is -0.149. The molecule has 2 amide bonds. The van der Waals surface area contributed by atoms with Gasteiger partial charge in [-0.25, -0.2) is 0 Å². The van der Waals surface area contributed by atoms with E-state index in [0.29, 0.717) is 41.7 Å². The number of fused-ring (bicyclic) bond motifs is 1. The fourth-order valence-electron chi connectivity index (χ4n) is 6.62. The summed E-state index contributed by atoms with van der Waals surface area (Å²) in [7, 11) is 2.01. The molecule has 0 aromatic carbocycles. The van der Waals surface area contributed by atoms with E-state index in [9.17, 15) is 9.59 Å². The summed E-state index contributed by atoms with van der Waals surface area (Å²) in [5.74, 6) is 2.71. The van der Waals surface area contributed by atoms with Crippen molar-refractivity contribution in [3.63, 3.8) is 0 Å². The van der Waals surface area contributed by atoms with Crippen LogP contribution in [0.3, 0.4) is 0 Å². The summed E-state index contributed by atoms with van der Waals surface area (Å²) >= 11 is 0. The molecule has 3 aliphatic heterocycles. The Labute approximate surface area is 182 Å². The molecule has 3 saturated heterocycles. The maximum atomic E-state index is 13.4. The average molecular weight is 419 g/mol. The molecule has 0 radical (unpaired) electrons. The Morgan fingerprint density at radius 3 is 2.53 bits per heavy atom. The third kappa shape index (κ3) is 4.55. The van der Waals surface area contributed by atoms with Crippen molar-refractivity contribution in [2.45, 2.75) is 84.0 Å². The monoisotopic (exact) mass is 418 g/mol. The van der Waals surface area contributed by atoms with Gasteiger partial charge in [0.25, 0.3) is 0 Å². The molecule has 6 nitrogen and oxygen atoms in total. The first-order chi connectivity index (χ1) is 14.3. The Balaban J connectivity index is 1.39. The SMILES string of the molecule is CC1CCC(NC(=O)C2CCC(C)C(C3CC4CNC(C)CC4N(C)C3=O)C2)NC1. The van der Waals surface area contributed by atoms with Crippen LogP contribution in [0.15, 0.2) is 0 Å². The highest BCUT2D eigenvalue weighted by molar-refractivity contribution is 5.81. The minimum atomic E-state index is 0.0488. The van der Waals surface area contributed by atoms with E-state index in [4.69, 9.17) is 0 Å². The lowest BCUT2D eigenvalue weighted by Crippen LogP contribution is -2.60. The molecule has 9 unspecified atom stereocenters. The summed E-state index contributed by atoms with van der Waals surface area (Å²) in [4.78, 5) is 28.4. The summed E-state index contributed by atoms with van der Waals surface area (Å²) < 4.78 is 0. The molecule has 6 heteroatoms. The van der Waals surface area contributed by atoms with Crippen molar-refractivity contribution in [2.75, 3.05) is 20.1 Å². The number of carbonyl (C=O) groups excluding carboxylic acids is 2. The predicted octanol–water partition coefficient (Wildman–Crippen LogP) is 2.35. The summed E-state index contributed by atoms with van der Waals surface area (Å²) in [6.07, 6.45) is 7.20. The maximum absolute atomic E-state index is 13.4. The minimum Gasteiger partial charge on any atom is -0.342 e. The van der Waals surface area contributed by atoms with Crippen LogP contribution in [0, 0.1) is 35.5 Å². The van der Waals surface area contributed by atoms with Gasteiger partial charge in [-0.3, -0.25) is 14.9 Å². The molecule has 4 rings (SSSR count). The first-order valence-electron chi connectivity index (χ1n) is 12.4. The number of hydrogen-bond donors (Lipinski definition) is 3. The van der Waals surface area contributed by atoms with Crippen molar-refractivity contribution in [2.24, 2.45) is 35.5 Å². The van der Waals surface area contributed by atoms with Crippen LogP contribution in [0.1, 0.15) is 65.7 Å². The fraction of sp³-hybridized carbons (Fsp3) is 0.917. The molecule has 3 N–H and O–H groups in total. The van der Waals surface area contributed by atoms with E-state index in [2.05, 4.69) is 41.6 Å². The molecule has 0 aromatic heterocycles. The van der Waals surface area contributed by atoms with Crippen LogP contribution in [0.25, 0.3) is 0 Å². The third-order valence-corrected chi connectivity index (χ3v) is 8.71. The Morgan fingerprint density at radius 1 is 1.00 bits per heavy atom.